The molecule has 6 heavy (non-hydrogen) atoms. The predicted octanol–water partition coefficient (Wildman–Crippen LogP) is -1.01. The van der Waals surface area contributed by atoms with Crippen LogP contribution in [-0.4, -0.2) is 13.3 Å². The largest absolute Gasteiger partial charge is 2.00 e. The molecule has 0 radical (unpaired) electrons. The zero-order chi connectivity index (χ0) is 4.50. The van der Waals surface area contributed by atoms with Crippen molar-refractivity contribution in [3.05, 3.63) is 0 Å². The quantitative estimate of drug-likeness (QED) is 0.538. The van der Waals surface area contributed by atoms with Crippen molar-refractivity contribution in [1.29, 1.82) is 0 Å². The van der Waals surface area contributed by atoms with Crippen molar-refractivity contribution < 1.29 is 41.0 Å². The van der Waals surface area contributed by atoms with Gasteiger partial charge in [0.15, 0.2) is 0 Å². The molecule has 6 heteroatoms. The molecular formula is HgO3S2. The van der Waals surface area contributed by atoms with Gasteiger partial charge < -0.3 is 9.11 Å². The van der Waals surface area contributed by atoms with Gasteiger partial charge in [-0.25, -0.2) is 0 Å². The van der Waals surface area contributed by atoms with Crippen LogP contribution in [0.4, 0.5) is 0 Å². The van der Waals surface area contributed by atoms with Crippen LogP contribution in [0.1, 0.15) is 0 Å². The van der Waals surface area contributed by atoms with E-state index in [9.17, 15) is 0 Å². The number of rotatable bonds is 0. The van der Waals surface area contributed by atoms with Crippen LogP contribution in [0, 0.1) is 0 Å². The Kier molecular flexibility index (Phi) is 5.56. The summed E-state index contributed by atoms with van der Waals surface area (Å²) in [5.74, 6) is 0. The summed E-state index contributed by atoms with van der Waals surface area (Å²) in [5.41, 5.74) is 0. The van der Waals surface area contributed by atoms with Gasteiger partial charge in [0.25, 0.3) is 0 Å². The fraction of sp³-hybridized carbons (Fsp3) is 0. The molecule has 0 spiro atoms. The molecule has 32 valence electrons. The van der Waals surface area contributed by atoms with Gasteiger partial charge in [0, 0.05) is 0 Å². The second-order valence-corrected chi connectivity index (χ2v) is 2.45. The molecule has 0 atom stereocenters. The molecule has 0 N–H and O–H groups in total. The van der Waals surface area contributed by atoms with E-state index < -0.39 is 9.05 Å². The molecular weight excluding hydrogens is 313 g/mol. The SMILES string of the molecule is O=S([O-])([O-])=S.[Hg+2]. The van der Waals surface area contributed by atoms with Crippen LogP contribution in [0.3, 0.4) is 0 Å². The molecule has 0 heterocycles. The van der Waals surface area contributed by atoms with Crippen molar-refractivity contribution in [2.45, 2.75) is 0 Å². The molecule has 3 nitrogen and oxygen atoms in total. The van der Waals surface area contributed by atoms with Gasteiger partial charge in [-0.1, -0.05) is 0 Å². The summed E-state index contributed by atoms with van der Waals surface area (Å²) in [6.07, 6.45) is 0. The van der Waals surface area contributed by atoms with E-state index >= 15 is 0 Å². The van der Waals surface area contributed by atoms with Gasteiger partial charge in [0.05, 0.1) is 0 Å². The fourth-order valence-corrected chi connectivity index (χ4v) is 0. The summed E-state index contributed by atoms with van der Waals surface area (Å²) < 4.78 is 26.7. The smallest absolute Gasteiger partial charge is 0.780 e. The first-order chi connectivity index (χ1) is 2.00. The average Bonchev–Trinajstić information content (AvgIpc) is 0.722. The third-order valence-corrected chi connectivity index (χ3v) is 0. The van der Waals surface area contributed by atoms with E-state index in [1.165, 1.54) is 0 Å². The summed E-state index contributed by atoms with van der Waals surface area (Å²) in [5, 5.41) is 0. The van der Waals surface area contributed by atoms with Crippen molar-refractivity contribution in [2.24, 2.45) is 0 Å². The molecule has 0 amide bonds. The predicted molar refractivity (Wildman–Crippen MR) is 17.1 cm³/mol. The van der Waals surface area contributed by atoms with Crippen LogP contribution in [0.2, 0.25) is 0 Å². The first-order valence-corrected chi connectivity index (χ1v) is 3.00. The average molecular weight is 313 g/mol. The van der Waals surface area contributed by atoms with Crippen LogP contribution in [-0.2, 0) is 47.9 Å². The first-order valence-electron chi connectivity index (χ1n) is 0.667. The molecule has 0 saturated carbocycles. The van der Waals surface area contributed by atoms with Gasteiger partial charge in [-0.05, 0) is 11.2 Å². The summed E-state index contributed by atoms with van der Waals surface area (Å²) >= 11 is 3.24. The van der Waals surface area contributed by atoms with E-state index in [1.807, 2.05) is 0 Å². The number of hydrogen-bond donors (Lipinski definition) is 0. The second-order valence-electron chi connectivity index (χ2n) is 0.408. The van der Waals surface area contributed by atoms with Crippen LogP contribution < -0.4 is 0 Å². The van der Waals surface area contributed by atoms with Gasteiger partial charge in [0.1, 0.15) is 0 Å². The van der Waals surface area contributed by atoms with Crippen LogP contribution in [0.5, 0.6) is 0 Å². The Hall–Kier alpha value is 1.23. The Morgan fingerprint density at radius 1 is 1.50 bits per heavy atom. The molecule has 0 aliphatic heterocycles. The summed E-state index contributed by atoms with van der Waals surface area (Å²) in [6, 6.07) is 0. The molecule has 0 rings (SSSR count). The Bertz CT molecular complexity index is 92.0. The minimum Gasteiger partial charge on any atom is -0.780 e. The van der Waals surface area contributed by atoms with E-state index in [0.717, 1.165) is 0 Å². The first kappa shape index (κ1) is 10.3. The molecule has 0 aromatic heterocycles. The molecule has 0 aromatic carbocycles. The van der Waals surface area contributed by atoms with E-state index in [0.29, 0.717) is 0 Å². The third-order valence-electron chi connectivity index (χ3n) is 0. The van der Waals surface area contributed by atoms with E-state index in [1.54, 1.807) is 0 Å². The van der Waals surface area contributed by atoms with E-state index in [-0.39, 0.29) is 27.7 Å². The molecule has 0 saturated heterocycles. The molecule has 0 bridgehead atoms. The minimum atomic E-state index is -4.33. The second kappa shape index (κ2) is 3.26. The summed E-state index contributed by atoms with van der Waals surface area (Å²) in [6.45, 7) is 0. The van der Waals surface area contributed by atoms with Crippen molar-refractivity contribution in [3.8, 4) is 0 Å². The maximum Gasteiger partial charge on any atom is 2.00 e. The van der Waals surface area contributed by atoms with Crippen LogP contribution in [0.25, 0.3) is 0 Å². The van der Waals surface area contributed by atoms with Gasteiger partial charge in [-0.3, -0.25) is 4.21 Å². The molecule has 0 unspecified atom stereocenters. The summed E-state index contributed by atoms with van der Waals surface area (Å²) in [4.78, 5) is 0. The number of hydrogen-bond acceptors (Lipinski definition) is 4. The van der Waals surface area contributed by atoms with Gasteiger partial charge >= 0.3 is 27.7 Å². The van der Waals surface area contributed by atoms with Gasteiger partial charge in [-0.2, -0.15) is 0 Å². The Labute approximate surface area is 61.0 Å². The minimum absolute atomic E-state index is 0. The Morgan fingerprint density at radius 2 is 1.50 bits per heavy atom. The monoisotopic (exact) mass is 314 g/mol. The van der Waals surface area contributed by atoms with Crippen LogP contribution >= 0.6 is 0 Å². The Balaban J connectivity index is 0. The Morgan fingerprint density at radius 3 is 1.50 bits per heavy atom. The molecule has 0 fully saturated rings. The third kappa shape index (κ3) is 62.1. The maximum absolute atomic E-state index is 8.89. The normalized spacial score (nSPS) is 9.67. The molecule has 0 aromatic rings. The standard InChI is InChI=1S/Hg.H2O3S2/c;1-5(2,3)4/h;(H2,1,2,3,4)/q+2;/p-2. The van der Waals surface area contributed by atoms with E-state index in [4.69, 9.17) is 13.3 Å². The van der Waals surface area contributed by atoms with Crippen LogP contribution in [0.15, 0.2) is 0 Å². The van der Waals surface area contributed by atoms with Crippen molar-refractivity contribution in [3.63, 3.8) is 0 Å². The fourth-order valence-electron chi connectivity index (χ4n) is 0. The molecule has 0 aliphatic rings. The van der Waals surface area contributed by atoms with Crippen molar-refractivity contribution >= 4 is 20.2 Å². The maximum atomic E-state index is 8.89. The van der Waals surface area contributed by atoms with Crippen molar-refractivity contribution in [2.75, 3.05) is 0 Å². The topological polar surface area (TPSA) is 63.2 Å². The van der Waals surface area contributed by atoms with Gasteiger partial charge in [-0.15, -0.1) is 9.05 Å². The van der Waals surface area contributed by atoms with E-state index in [2.05, 4.69) is 11.2 Å². The van der Waals surface area contributed by atoms with Crippen molar-refractivity contribution in [1.82, 2.24) is 0 Å². The summed E-state index contributed by atoms with van der Waals surface area (Å²) in [7, 11) is -4.33. The zero-order valence-corrected chi connectivity index (χ0v) is 9.88. The zero-order valence-electron chi connectivity index (χ0n) is 2.75. The van der Waals surface area contributed by atoms with Gasteiger partial charge in [0.2, 0.25) is 0 Å². The molecule has 0 aliphatic carbocycles.